The molecule has 22 nitrogen and oxygen atoms in total. The van der Waals surface area contributed by atoms with Crippen molar-refractivity contribution in [3.8, 4) is 0 Å². The van der Waals surface area contributed by atoms with E-state index in [1.807, 2.05) is 121 Å². The summed E-state index contributed by atoms with van der Waals surface area (Å²) in [7, 11) is 0. The molecule has 8 aromatic rings. The number of aromatic nitrogens is 8. The van der Waals surface area contributed by atoms with Gasteiger partial charge in [-0.15, -0.1) is 40.8 Å². The van der Waals surface area contributed by atoms with E-state index in [9.17, 15) is 19.2 Å². The largest absolute Gasteiger partial charge is 0.314 e. The average Bonchev–Trinajstić information content (AvgIpc) is 3.65. The van der Waals surface area contributed by atoms with Gasteiger partial charge in [-0.2, -0.15) is 23.5 Å². The van der Waals surface area contributed by atoms with Gasteiger partial charge < -0.3 is 16.0 Å². The summed E-state index contributed by atoms with van der Waals surface area (Å²) < 4.78 is 0. The van der Waals surface area contributed by atoms with Crippen LogP contribution in [0.2, 0.25) is 0 Å². The molecular weight excluding hydrogens is 1230 g/mol. The normalized spacial score (nSPS) is 16.7. The average molecular weight is 1300 g/mol. The van der Waals surface area contributed by atoms with Crippen LogP contribution < -0.4 is 31.9 Å². The predicted molar refractivity (Wildman–Crippen MR) is 352 cm³/mol. The molecule has 0 radical (unpaired) electrons. The van der Waals surface area contributed by atoms with Gasteiger partial charge >= 0.3 is 0 Å². The second-order valence-electron chi connectivity index (χ2n) is 21.2. The molecule has 3 fully saturated rings. The molecule has 0 aliphatic carbocycles. The number of piperazine rings is 3. The van der Waals surface area contributed by atoms with E-state index in [1.54, 1.807) is 23.5 Å². The molecular formula is C60H70N18O4S6. The van der Waals surface area contributed by atoms with Crippen LogP contribution in [0, 0.1) is 0 Å². The number of hydrogen-bond donors (Lipinski definition) is 6. The molecule has 11 rings (SSSR count). The standard InChI is InChI=1S/C60H70N18O4S6/c79-46(39-41-13-5-1-6-14-41)63-57-71-67-47(85-57)21-36-83-37-22-48-68-72-59(86-48)65-55(82)52(44-19-11-4-12-20-44)78-34-32-75(33-35-78)45(56-70-74-60(88-56)66-54(81)51(43-17-9-3-10-18-43)77-30-26-62-27-31-77)40-84-38-23-49-69-73-58(87-49)64-53(80)50(42-15-7-2-8-16-42)76-28-24-61-25-29-76/h1-20,45,50-52,61-62H,21-40H2,(H,63,71,79)(H,64,73,80)(H,65,72,82)(H,66,74,81). The minimum Gasteiger partial charge on any atom is -0.314 e. The van der Waals surface area contributed by atoms with Crippen LogP contribution in [-0.2, 0) is 44.9 Å². The highest BCUT2D eigenvalue weighted by molar-refractivity contribution is 7.99. The molecule has 3 aliphatic heterocycles. The van der Waals surface area contributed by atoms with Gasteiger partial charge in [-0.25, -0.2) is 0 Å². The Morgan fingerprint density at radius 2 is 0.784 bits per heavy atom. The lowest BCUT2D eigenvalue weighted by Gasteiger charge is -2.41. The van der Waals surface area contributed by atoms with Crippen LogP contribution in [0.15, 0.2) is 121 Å². The third-order valence-corrected chi connectivity index (χ3v) is 20.9. The first kappa shape index (κ1) is 63.0. The summed E-state index contributed by atoms with van der Waals surface area (Å²) in [5.41, 5.74) is 3.69. The summed E-state index contributed by atoms with van der Waals surface area (Å²) in [5, 5.41) is 59.7. The Morgan fingerprint density at radius 1 is 0.420 bits per heavy atom. The molecule has 0 saturated carbocycles. The van der Waals surface area contributed by atoms with E-state index in [-0.39, 0.29) is 36.1 Å². The van der Waals surface area contributed by atoms with Crippen molar-refractivity contribution >= 4 is 113 Å². The first-order valence-corrected chi connectivity index (χ1v) is 35.1. The number of carbonyl (C=O) groups is 4. The van der Waals surface area contributed by atoms with Crippen molar-refractivity contribution in [2.45, 2.75) is 49.9 Å². The van der Waals surface area contributed by atoms with Crippen molar-refractivity contribution in [3.63, 3.8) is 0 Å². The maximum Gasteiger partial charge on any atom is 0.248 e. The lowest BCUT2D eigenvalue weighted by atomic mass is 10.0. The molecule has 7 heterocycles. The summed E-state index contributed by atoms with van der Waals surface area (Å²) in [6, 6.07) is 37.6. The molecule has 28 heteroatoms. The number of thioether (sulfide) groups is 2. The van der Waals surface area contributed by atoms with Gasteiger partial charge in [0.15, 0.2) is 0 Å². The Kier molecular flexibility index (Phi) is 23.1. The van der Waals surface area contributed by atoms with Gasteiger partial charge in [-0.3, -0.25) is 54.7 Å². The zero-order chi connectivity index (χ0) is 60.3. The molecule has 6 N–H and O–H groups in total. The maximum absolute atomic E-state index is 14.5. The number of rotatable bonds is 28. The second-order valence-corrected chi connectivity index (χ2v) is 27.7. The molecule has 4 amide bonds. The Balaban J connectivity index is 0.709. The fourth-order valence-corrected chi connectivity index (χ4v) is 16.5. The van der Waals surface area contributed by atoms with Crippen LogP contribution in [0.3, 0.4) is 0 Å². The van der Waals surface area contributed by atoms with Crippen LogP contribution in [0.4, 0.5) is 20.5 Å². The van der Waals surface area contributed by atoms with Crippen LogP contribution in [0.5, 0.6) is 0 Å². The third-order valence-electron chi connectivity index (χ3n) is 15.2. The smallest absolute Gasteiger partial charge is 0.248 e. The highest BCUT2D eigenvalue weighted by atomic mass is 32.2. The van der Waals surface area contributed by atoms with Crippen molar-refractivity contribution in [1.82, 2.24) is 71.0 Å². The third kappa shape index (κ3) is 17.7. The van der Waals surface area contributed by atoms with E-state index in [2.05, 4.69) is 87.2 Å². The Hall–Kier alpha value is -6.54. The van der Waals surface area contributed by atoms with Gasteiger partial charge in [-0.05, 0) is 39.5 Å². The van der Waals surface area contributed by atoms with E-state index >= 15 is 0 Å². The molecule has 0 bridgehead atoms. The molecule has 460 valence electrons. The summed E-state index contributed by atoms with van der Waals surface area (Å²) in [6.45, 7) is 8.73. The van der Waals surface area contributed by atoms with Gasteiger partial charge in [0, 0.05) is 104 Å². The van der Waals surface area contributed by atoms with Gasteiger partial charge in [0.2, 0.25) is 44.2 Å². The monoisotopic (exact) mass is 1300 g/mol. The van der Waals surface area contributed by atoms with Crippen molar-refractivity contribution in [1.29, 1.82) is 0 Å². The molecule has 4 aromatic heterocycles. The Bertz CT molecular complexity index is 3470. The molecule has 0 spiro atoms. The maximum atomic E-state index is 14.5. The van der Waals surface area contributed by atoms with Gasteiger partial charge in [-0.1, -0.05) is 167 Å². The zero-order valence-corrected chi connectivity index (χ0v) is 53.3. The highest BCUT2D eigenvalue weighted by Gasteiger charge is 2.36. The van der Waals surface area contributed by atoms with Crippen molar-refractivity contribution in [2.75, 3.05) is 123 Å². The number of amides is 4. The number of nitrogens with zero attached hydrogens (tertiary/aromatic N) is 12. The van der Waals surface area contributed by atoms with Gasteiger partial charge in [0.25, 0.3) is 0 Å². The van der Waals surface area contributed by atoms with E-state index in [0.717, 1.165) is 118 Å². The number of carbonyl (C=O) groups excluding carboxylic acids is 4. The van der Waals surface area contributed by atoms with Crippen LogP contribution in [0.1, 0.15) is 66.5 Å². The van der Waals surface area contributed by atoms with Gasteiger partial charge in [0.05, 0.1) is 12.5 Å². The minimum absolute atomic E-state index is 0.122. The highest BCUT2D eigenvalue weighted by Crippen LogP contribution is 2.35. The minimum atomic E-state index is -0.582. The van der Waals surface area contributed by atoms with Crippen LogP contribution in [-0.4, -0.2) is 186 Å². The summed E-state index contributed by atoms with van der Waals surface area (Å²) in [4.78, 5) is 64.3. The van der Waals surface area contributed by atoms with Crippen molar-refractivity contribution in [3.05, 3.63) is 164 Å². The first-order chi connectivity index (χ1) is 43.3. The Labute approximate surface area is 535 Å². The number of anilines is 4. The predicted octanol–water partition coefficient (Wildman–Crippen LogP) is 6.98. The first-order valence-electron chi connectivity index (χ1n) is 29.5. The van der Waals surface area contributed by atoms with E-state index < -0.39 is 18.1 Å². The molecule has 4 aromatic carbocycles. The Morgan fingerprint density at radius 3 is 1.23 bits per heavy atom. The quantitative estimate of drug-likeness (QED) is 0.0271. The molecule has 4 unspecified atom stereocenters. The van der Waals surface area contributed by atoms with Crippen molar-refractivity contribution < 1.29 is 19.2 Å². The van der Waals surface area contributed by atoms with Gasteiger partial charge in [0.1, 0.15) is 38.2 Å². The number of nitrogens with one attached hydrogen (secondary N) is 6. The summed E-state index contributed by atoms with van der Waals surface area (Å²) in [5.74, 6) is 2.51. The zero-order valence-electron chi connectivity index (χ0n) is 48.4. The lowest BCUT2D eigenvalue weighted by molar-refractivity contribution is -0.123. The fourth-order valence-electron chi connectivity index (χ4n) is 10.9. The summed E-state index contributed by atoms with van der Waals surface area (Å²) >= 11 is 9.14. The summed E-state index contributed by atoms with van der Waals surface area (Å²) in [6.07, 6.45) is 2.35. The molecule has 3 saturated heterocycles. The molecule has 3 aliphatic rings. The van der Waals surface area contributed by atoms with Crippen molar-refractivity contribution in [2.24, 2.45) is 0 Å². The van der Waals surface area contributed by atoms with E-state index in [1.165, 1.54) is 45.3 Å². The number of benzene rings is 4. The topological polar surface area (TPSA) is 257 Å². The van der Waals surface area contributed by atoms with E-state index in [4.69, 9.17) is 5.10 Å². The fraction of sp³-hybridized carbons (Fsp3) is 0.400. The second kappa shape index (κ2) is 32.3. The molecule has 4 atom stereocenters. The molecule has 88 heavy (non-hydrogen) atoms. The van der Waals surface area contributed by atoms with Crippen LogP contribution in [0.25, 0.3) is 0 Å². The SMILES string of the molecule is O=C(Cc1ccccc1)Nc1nnc(CCSCCc2nnc(NC(=O)C(c3ccccc3)N3CCN(C(CSCCc4nnc(NC(=O)C(c5ccccc5)N5CCNCC5)s4)c4nnc(NC(=O)C(c5ccccc5)N5CCNCC5)s4)CC3)s2)s1. The van der Waals surface area contributed by atoms with Crippen LogP contribution >= 0.6 is 68.9 Å². The number of hydrogen-bond acceptors (Lipinski definition) is 24. The lowest BCUT2D eigenvalue weighted by Crippen LogP contribution is -2.51. The van der Waals surface area contributed by atoms with E-state index in [0.29, 0.717) is 65.3 Å². The number of aryl methyl sites for hydroxylation is 3.